The molecular formula is C29H30N4O4S. The van der Waals surface area contributed by atoms with Gasteiger partial charge in [0.25, 0.3) is 0 Å². The number of carbonyl (C=O) groups excluding carboxylic acids is 2. The first-order chi connectivity index (χ1) is 18.2. The number of hydrogen-bond donors (Lipinski definition) is 4. The first kappa shape index (κ1) is 24.9. The monoisotopic (exact) mass is 530 g/mol. The van der Waals surface area contributed by atoms with Crippen molar-refractivity contribution >= 4 is 29.1 Å². The number of nitrogen functional groups attached to an aromatic ring is 1. The van der Waals surface area contributed by atoms with Crippen molar-refractivity contribution in [3.05, 3.63) is 82.9 Å². The lowest BCUT2D eigenvalue weighted by atomic mass is 9.64. The number of ketones is 1. The molecule has 0 spiro atoms. The number of carbonyl (C=O) groups is 2. The molecule has 1 fully saturated rings. The molecule has 7 N–H and O–H groups in total. The second-order valence-corrected chi connectivity index (χ2v) is 11.5. The highest BCUT2D eigenvalue weighted by Gasteiger charge is 2.57. The van der Waals surface area contributed by atoms with E-state index in [0.29, 0.717) is 41.3 Å². The van der Waals surface area contributed by atoms with E-state index in [0.717, 1.165) is 16.0 Å². The van der Waals surface area contributed by atoms with Crippen LogP contribution in [0.25, 0.3) is 0 Å². The SMILES string of the molecule is Cc1cc(Oc2ccccc2)ccc1C1(N)C(=O)C(N)C2c3c1ccc(N)c3SC2C(=O)N1CCC(O)C1. The van der Waals surface area contributed by atoms with Gasteiger partial charge in [-0.25, -0.2) is 0 Å². The lowest BCUT2D eigenvalue weighted by Gasteiger charge is -2.42. The van der Waals surface area contributed by atoms with Gasteiger partial charge in [-0.1, -0.05) is 30.3 Å². The van der Waals surface area contributed by atoms with Crippen LogP contribution in [0.3, 0.4) is 0 Å². The van der Waals surface area contributed by atoms with Crippen LogP contribution in [0.1, 0.15) is 34.6 Å². The molecule has 2 aliphatic heterocycles. The van der Waals surface area contributed by atoms with Gasteiger partial charge in [-0.3, -0.25) is 9.59 Å². The molecule has 196 valence electrons. The minimum absolute atomic E-state index is 0.135. The van der Waals surface area contributed by atoms with Gasteiger partial charge in [0.15, 0.2) is 5.78 Å². The second-order valence-electron chi connectivity index (χ2n) is 10.3. The first-order valence-corrected chi connectivity index (χ1v) is 13.6. The number of anilines is 1. The number of likely N-dealkylation sites (tertiary alicyclic amines) is 1. The summed E-state index contributed by atoms with van der Waals surface area (Å²) in [4.78, 5) is 30.0. The third-order valence-corrected chi connectivity index (χ3v) is 9.39. The summed E-state index contributed by atoms with van der Waals surface area (Å²) in [6.45, 7) is 2.65. The van der Waals surface area contributed by atoms with E-state index in [4.69, 9.17) is 21.9 Å². The molecule has 1 saturated heterocycles. The van der Waals surface area contributed by atoms with Crippen molar-refractivity contribution in [2.75, 3.05) is 18.8 Å². The number of aliphatic hydroxyl groups is 1. The zero-order valence-corrected chi connectivity index (χ0v) is 21.8. The Labute approximate surface area is 225 Å². The van der Waals surface area contributed by atoms with Gasteiger partial charge in [0.1, 0.15) is 17.0 Å². The molecule has 0 bridgehead atoms. The Morgan fingerprint density at radius 3 is 2.53 bits per heavy atom. The minimum atomic E-state index is -1.51. The standard InChI is InChI=1S/C29H30N4O4S/c1-15-13-18(37-17-5-3-2-4-6-17)7-8-19(15)29(32)20-9-10-21(30)25-22(20)23(24(31)27(29)35)26(38-25)28(36)33-12-11-16(34)14-33/h2-10,13,16,23-24,26,34H,11-12,14,30-32H2,1H3. The lowest BCUT2D eigenvalue weighted by molar-refractivity contribution is -0.131. The quantitative estimate of drug-likeness (QED) is 0.377. The largest absolute Gasteiger partial charge is 0.457 e. The molecule has 8 nitrogen and oxygen atoms in total. The summed E-state index contributed by atoms with van der Waals surface area (Å²) in [6, 6.07) is 17.5. The fourth-order valence-electron chi connectivity index (χ4n) is 6.07. The molecule has 5 unspecified atom stereocenters. The summed E-state index contributed by atoms with van der Waals surface area (Å²) in [6.07, 6.45) is -0.00240. The fraction of sp³-hybridized carbons (Fsp3) is 0.310. The van der Waals surface area contributed by atoms with Crippen LogP contribution >= 0.6 is 11.8 Å². The third-order valence-electron chi connectivity index (χ3n) is 7.95. The maximum absolute atomic E-state index is 14.1. The Morgan fingerprint density at radius 1 is 1.11 bits per heavy atom. The van der Waals surface area contributed by atoms with E-state index >= 15 is 0 Å². The summed E-state index contributed by atoms with van der Waals surface area (Å²) in [5.74, 6) is 0.305. The number of Topliss-reactive ketones (excluding diaryl/α,β-unsaturated/α-hetero) is 1. The van der Waals surface area contributed by atoms with Gasteiger partial charge in [0.2, 0.25) is 5.91 Å². The van der Waals surface area contributed by atoms with Crippen LogP contribution in [0.4, 0.5) is 5.69 Å². The van der Waals surface area contributed by atoms with Crippen LogP contribution in [0.5, 0.6) is 11.5 Å². The van der Waals surface area contributed by atoms with E-state index < -0.39 is 28.9 Å². The number of nitrogens with zero attached hydrogens (tertiary/aromatic N) is 1. The average molecular weight is 531 g/mol. The zero-order valence-electron chi connectivity index (χ0n) is 21.0. The molecule has 3 aliphatic rings. The van der Waals surface area contributed by atoms with Gasteiger partial charge in [-0.05, 0) is 65.9 Å². The summed E-state index contributed by atoms with van der Waals surface area (Å²) < 4.78 is 5.98. The van der Waals surface area contributed by atoms with E-state index in [9.17, 15) is 14.7 Å². The molecule has 0 radical (unpaired) electrons. The maximum Gasteiger partial charge on any atom is 0.236 e. The molecule has 3 aromatic carbocycles. The number of amides is 1. The zero-order chi connectivity index (χ0) is 26.8. The van der Waals surface area contributed by atoms with Crippen LogP contribution in [0.15, 0.2) is 65.6 Å². The number of ether oxygens (including phenoxy) is 1. The normalized spacial score (nSPS) is 27.9. The number of β-amino-alcohol motifs (C(OH)–C–C–N with tert-alkyl or cyclic N) is 1. The van der Waals surface area contributed by atoms with Crippen LogP contribution in [0.2, 0.25) is 0 Å². The number of para-hydroxylation sites is 1. The molecule has 38 heavy (non-hydrogen) atoms. The van der Waals surface area contributed by atoms with E-state index in [1.807, 2.05) is 49.4 Å². The molecule has 9 heteroatoms. The molecule has 6 rings (SSSR count). The third kappa shape index (κ3) is 3.72. The minimum Gasteiger partial charge on any atom is -0.457 e. The predicted molar refractivity (Wildman–Crippen MR) is 146 cm³/mol. The molecular weight excluding hydrogens is 500 g/mol. The summed E-state index contributed by atoms with van der Waals surface area (Å²) >= 11 is 1.35. The Morgan fingerprint density at radius 2 is 1.84 bits per heavy atom. The van der Waals surface area contributed by atoms with Gasteiger partial charge in [-0.15, -0.1) is 11.8 Å². The predicted octanol–water partition coefficient (Wildman–Crippen LogP) is 2.63. The van der Waals surface area contributed by atoms with Crippen LogP contribution < -0.4 is 21.9 Å². The van der Waals surface area contributed by atoms with E-state index in [2.05, 4.69) is 0 Å². The average Bonchev–Trinajstić information content (AvgIpc) is 3.52. The van der Waals surface area contributed by atoms with Gasteiger partial charge >= 0.3 is 0 Å². The molecule has 1 amide bonds. The maximum atomic E-state index is 14.1. The van der Waals surface area contributed by atoms with Crippen molar-refractivity contribution in [2.24, 2.45) is 11.5 Å². The molecule has 3 aromatic rings. The van der Waals surface area contributed by atoms with Gasteiger partial charge in [-0.2, -0.15) is 0 Å². The highest BCUT2D eigenvalue weighted by atomic mass is 32.2. The van der Waals surface area contributed by atoms with E-state index in [-0.39, 0.29) is 18.2 Å². The topological polar surface area (TPSA) is 145 Å². The number of thioether (sulfide) groups is 1. The number of aryl methyl sites for hydroxylation is 1. The van der Waals surface area contributed by atoms with Crippen molar-refractivity contribution in [1.29, 1.82) is 0 Å². The van der Waals surface area contributed by atoms with Crippen molar-refractivity contribution < 1.29 is 19.4 Å². The highest BCUT2D eigenvalue weighted by Crippen LogP contribution is 2.57. The Balaban J connectivity index is 1.41. The van der Waals surface area contributed by atoms with Gasteiger partial charge in [0, 0.05) is 29.6 Å². The summed E-state index contributed by atoms with van der Waals surface area (Å²) in [5.41, 5.74) is 21.9. The van der Waals surface area contributed by atoms with Crippen molar-refractivity contribution in [2.45, 2.75) is 47.1 Å². The van der Waals surface area contributed by atoms with Crippen LogP contribution in [-0.2, 0) is 15.1 Å². The lowest BCUT2D eigenvalue weighted by Crippen LogP contribution is -2.60. The summed E-state index contributed by atoms with van der Waals surface area (Å²) in [5, 5.41) is 9.37. The van der Waals surface area contributed by atoms with Crippen molar-refractivity contribution in [1.82, 2.24) is 4.90 Å². The molecule has 0 saturated carbocycles. The first-order valence-electron chi connectivity index (χ1n) is 12.7. The molecule has 2 heterocycles. The van der Waals surface area contributed by atoms with Crippen LogP contribution in [-0.4, -0.2) is 52.2 Å². The number of hydrogen-bond acceptors (Lipinski definition) is 8. The molecule has 1 aliphatic carbocycles. The number of benzene rings is 3. The van der Waals surface area contributed by atoms with Gasteiger partial charge in [0.05, 0.1) is 17.4 Å². The molecule has 0 aromatic heterocycles. The highest BCUT2D eigenvalue weighted by molar-refractivity contribution is 8.01. The smallest absolute Gasteiger partial charge is 0.236 e. The molecule has 5 atom stereocenters. The van der Waals surface area contributed by atoms with Gasteiger partial charge < -0.3 is 31.9 Å². The number of nitrogens with two attached hydrogens (primary N) is 3. The van der Waals surface area contributed by atoms with Crippen molar-refractivity contribution in [3.8, 4) is 11.5 Å². The van der Waals surface area contributed by atoms with Crippen LogP contribution in [0, 0.1) is 6.92 Å². The fourth-order valence-corrected chi connectivity index (χ4v) is 7.60. The Bertz CT molecular complexity index is 1450. The van der Waals surface area contributed by atoms with E-state index in [1.54, 1.807) is 23.1 Å². The Kier molecular flexibility index (Phi) is 5.99. The summed E-state index contributed by atoms with van der Waals surface area (Å²) in [7, 11) is 0. The number of rotatable bonds is 4. The second kappa shape index (κ2) is 9.13. The van der Waals surface area contributed by atoms with E-state index in [1.165, 1.54) is 11.8 Å². The Hall–Kier alpha value is -3.37. The number of aliphatic hydroxyl groups excluding tert-OH is 1. The van der Waals surface area contributed by atoms with Crippen molar-refractivity contribution in [3.63, 3.8) is 0 Å².